The van der Waals surface area contributed by atoms with Gasteiger partial charge < -0.3 is 10.5 Å². The monoisotopic (exact) mass is 403 g/mol. The quantitative estimate of drug-likeness (QED) is 0.735. The molecule has 1 aromatic carbocycles. The first-order valence-electron chi connectivity index (χ1n) is 7.94. The summed E-state index contributed by atoms with van der Waals surface area (Å²) in [6, 6.07) is 4.93. The van der Waals surface area contributed by atoms with Gasteiger partial charge in [0.2, 0.25) is 0 Å². The summed E-state index contributed by atoms with van der Waals surface area (Å²) >= 11 is 2.19. The van der Waals surface area contributed by atoms with Crippen LogP contribution in [0.1, 0.15) is 56.6 Å². The molecule has 1 saturated carbocycles. The highest BCUT2D eigenvalue weighted by atomic mass is 127. The zero-order chi connectivity index (χ0) is 14.9. The van der Waals surface area contributed by atoms with Crippen LogP contribution in [0.4, 0.5) is 4.39 Å². The van der Waals surface area contributed by atoms with Crippen molar-refractivity contribution in [1.29, 1.82) is 0 Å². The maximum atomic E-state index is 13.3. The van der Waals surface area contributed by atoms with Gasteiger partial charge in [-0.25, -0.2) is 4.39 Å². The molecule has 1 aliphatic heterocycles. The smallest absolute Gasteiger partial charge is 0.124 e. The first-order chi connectivity index (χ1) is 10.1. The molecule has 3 rings (SSSR count). The highest BCUT2D eigenvalue weighted by Crippen LogP contribution is 2.44. The van der Waals surface area contributed by atoms with E-state index in [1.165, 1.54) is 38.2 Å². The van der Waals surface area contributed by atoms with Crippen molar-refractivity contribution in [3.05, 3.63) is 33.1 Å². The molecular formula is C17H23FINO. The van der Waals surface area contributed by atoms with Crippen LogP contribution in [0.15, 0.2) is 18.2 Å². The van der Waals surface area contributed by atoms with E-state index >= 15 is 0 Å². The minimum Gasteiger partial charge on any atom is -0.375 e. The average Bonchev–Trinajstić information content (AvgIpc) is 2.47. The van der Waals surface area contributed by atoms with Gasteiger partial charge in [-0.3, -0.25) is 0 Å². The average molecular weight is 403 g/mol. The molecule has 0 amide bonds. The zero-order valence-electron chi connectivity index (χ0n) is 12.3. The van der Waals surface area contributed by atoms with Crippen molar-refractivity contribution in [3.63, 3.8) is 0 Å². The van der Waals surface area contributed by atoms with Gasteiger partial charge in [0, 0.05) is 16.2 Å². The SMILES string of the molecule is NC(c1ccc(F)cc1I)C1CCOC2(CCCCC2)C1. The summed E-state index contributed by atoms with van der Waals surface area (Å²) in [6.45, 7) is 0.816. The number of hydrogen-bond donors (Lipinski definition) is 1. The third-order valence-electron chi connectivity index (χ3n) is 5.13. The number of nitrogens with two attached hydrogens (primary N) is 1. The molecule has 2 nitrogen and oxygen atoms in total. The Labute approximate surface area is 139 Å². The molecular weight excluding hydrogens is 380 g/mol. The van der Waals surface area contributed by atoms with E-state index in [4.69, 9.17) is 10.5 Å². The summed E-state index contributed by atoms with van der Waals surface area (Å²) in [5.74, 6) is 0.252. The van der Waals surface area contributed by atoms with E-state index in [0.29, 0.717) is 5.92 Å². The van der Waals surface area contributed by atoms with Gasteiger partial charge in [0.1, 0.15) is 5.82 Å². The predicted octanol–water partition coefficient (Wildman–Crippen LogP) is 4.56. The molecule has 116 valence electrons. The molecule has 2 atom stereocenters. The van der Waals surface area contributed by atoms with E-state index in [0.717, 1.165) is 28.6 Å². The van der Waals surface area contributed by atoms with Gasteiger partial charge in [-0.05, 0) is 71.9 Å². The molecule has 1 aromatic rings. The van der Waals surface area contributed by atoms with Crippen LogP contribution in [0.3, 0.4) is 0 Å². The minimum absolute atomic E-state index is 0.0137. The molecule has 0 radical (unpaired) electrons. The fraction of sp³-hybridized carbons (Fsp3) is 0.647. The first-order valence-corrected chi connectivity index (χ1v) is 9.02. The van der Waals surface area contributed by atoms with Crippen molar-refractivity contribution in [3.8, 4) is 0 Å². The highest BCUT2D eigenvalue weighted by Gasteiger charge is 2.40. The van der Waals surface area contributed by atoms with Gasteiger partial charge >= 0.3 is 0 Å². The van der Waals surface area contributed by atoms with Crippen LogP contribution in [0, 0.1) is 15.3 Å². The molecule has 2 N–H and O–H groups in total. The summed E-state index contributed by atoms with van der Waals surface area (Å²) in [7, 11) is 0. The Morgan fingerprint density at radius 2 is 2.05 bits per heavy atom. The van der Waals surface area contributed by atoms with E-state index < -0.39 is 0 Å². The molecule has 0 aromatic heterocycles. The Kier molecular flexibility index (Phi) is 4.86. The zero-order valence-corrected chi connectivity index (χ0v) is 14.4. The molecule has 1 aliphatic carbocycles. The van der Waals surface area contributed by atoms with Gasteiger partial charge in [0.25, 0.3) is 0 Å². The molecule has 2 unspecified atom stereocenters. The lowest BCUT2D eigenvalue weighted by molar-refractivity contribution is -0.120. The van der Waals surface area contributed by atoms with Crippen molar-refractivity contribution in [2.24, 2.45) is 11.7 Å². The number of rotatable bonds is 2. The lowest BCUT2D eigenvalue weighted by Gasteiger charge is -2.45. The number of ether oxygens (including phenoxy) is 1. The van der Waals surface area contributed by atoms with Crippen LogP contribution < -0.4 is 5.73 Å². The second-order valence-corrected chi connectivity index (χ2v) is 7.70. The van der Waals surface area contributed by atoms with Crippen molar-refractivity contribution < 1.29 is 9.13 Å². The molecule has 4 heteroatoms. The maximum absolute atomic E-state index is 13.3. The van der Waals surface area contributed by atoms with Gasteiger partial charge in [0.15, 0.2) is 0 Å². The molecule has 2 aliphatic rings. The maximum Gasteiger partial charge on any atom is 0.124 e. The summed E-state index contributed by atoms with van der Waals surface area (Å²) in [4.78, 5) is 0. The third-order valence-corrected chi connectivity index (χ3v) is 6.06. The Balaban J connectivity index is 1.76. The summed E-state index contributed by atoms with van der Waals surface area (Å²) in [6.07, 6.45) is 8.30. The summed E-state index contributed by atoms with van der Waals surface area (Å²) < 4.78 is 20.4. The van der Waals surface area contributed by atoms with Crippen LogP contribution in [-0.2, 0) is 4.74 Å². The third kappa shape index (κ3) is 3.42. The summed E-state index contributed by atoms with van der Waals surface area (Å²) in [5, 5.41) is 0. The Morgan fingerprint density at radius 1 is 1.29 bits per heavy atom. The topological polar surface area (TPSA) is 35.2 Å². The van der Waals surface area contributed by atoms with Gasteiger partial charge in [0.05, 0.1) is 5.60 Å². The minimum atomic E-state index is -0.189. The number of hydrogen-bond acceptors (Lipinski definition) is 2. The largest absolute Gasteiger partial charge is 0.375 e. The van der Waals surface area contributed by atoms with E-state index in [1.54, 1.807) is 6.07 Å². The molecule has 1 heterocycles. The fourth-order valence-electron chi connectivity index (χ4n) is 3.94. The standard InChI is InChI=1S/C17H23FINO/c18-13-4-5-14(15(19)10-13)16(20)12-6-9-21-17(11-12)7-2-1-3-8-17/h4-5,10,12,16H,1-3,6-9,11,20H2. The first kappa shape index (κ1) is 15.7. The van der Waals surface area contributed by atoms with Gasteiger partial charge in [-0.2, -0.15) is 0 Å². The van der Waals surface area contributed by atoms with E-state index in [9.17, 15) is 4.39 Å². The van der Waals surface area contributed by atoms with Crippen molar-refractivity contribution in [2.45, 2.75) is 56.6 Å². The Hall–Kier alpha value is -0.200. The molecule has 1 saturated heterocycles. The van der Waals surface area contributed by atoms with E-state index in [2.05, 4.69) is 22.6 Å². The molecule has 0 bridgehead atoms. The second kappa shape index (κ2) is 6.50. The molecule has 1 spiro atoms. The number of halogens is 2. The fourth-order valence-corrected chi connectivity index (χ4v) is 4.78. The van der Waals surface area contributed by atoms with Crippen molar-refractivity contribution in [1.82, 2.24) is 0 Å². The van der Waals surface area contributed by atoms with Gasteiger partial charge in [-0.15, -0.1) is 0 Å². The summed E-state index contributed by atoms with van der Waals surface area (Å²) in [5.41, 5.74) is 7.68. The lowest BCUT2D eigenvalue weighted by Crippen LogP contribution is -2.44. The highest BCUT2D eigenvalue weighted by molar-refractivity contribution is 14.1. The van der Waals surface area contributed by atoms with Crippen LogP contribution in [0.25, 0.3) is 0 Å². The number of benzene rings is 1. The van der Waals surface area contributed by atoms with Crippen molar-refractivity contribution >= 4 is 22.6 Å². The normalized spacial score (nSPS) is 26.7. The van der Waals surface area contributed by atoms with E-state index in [-0.39, 0.29) is 17.5 Å². The van der Waals surface area contributed by atoms with Crippen LogP contribution in [-0.4, -0.2) is 12.2 Å². The van der Waals surface area contributed by atoms with Crippen LogP contribution in [0.5, 0.6) is 0 Å². The lowest BCUT2D eigenvalue weighted by atomic mass is 9.73. The van der Waals surface area contributed by atoms with Gasteiger partial charge in [-0.1, -0.05) is 25.3 Å². The molecule has 2 fully saturated rings. The van der Waals surface area contributed by atoms with Crippen molar-refractivity contribution in [2.75, 3.05) is 6.61 Å². The van der Waals surface area contributed by atoms with E-state index in [1.807, 2.05) is 6.07 Å². The van der Waals surface area contributed by atoms with Crippen LogP contribution >= 0.6 is 22.6 Å². The molecule has 21 heavy (non-hydrogen) atoms. The Morgan fingerprint density at radius 3 is 2.76 bits per heavy atom. The Bertz CT molecular complexity index is 496. The second-order valence-electron chi connectivity index (χ2n) is 6.54. The van der Waals surface area contributed by atoms with Crippen LogP contribution in [0.2, 0.25) is 0 Å². The predicted molar refractivity (Wildman–Crippen MR) is 90.5 cm³/mol.